The number of rotatable bonds is 5. The Kier molecular flexibility index (Phi) is 4.70. The number of methoxy groups -OCH3 is 1. The van der Waals surface area contributed by atoms with Crippen LogP contribution in [0.3, 0.4) is 0 Å². The lowest BCUT2D eigenvalue weighted by molar-refractivity contribution is 0.0697. The van der Waals surface area contributed by atoms with Crippen LogP contribution in [-0.2, 0) is 0 Å². The number of carbonyl (C=O) groups is 1. The van der Waals surface area contributed by atoms with Crippen LogP contribution in [0.4, 0.5) is 5.69 Å². The highest BCUT2D eigenvalue weighted by atomic mass is 16.5. The highest BCUT2D eigenvalue weighted by Crippen LogP contribution is 2.25. The molecule has 126 valence electrons. The minimum Gasteiger partial charge on any atom is -0.497 e. The average Bonchev–Trinajstić information content (AvgIpc) is 2.65. The Labute approximate surface area is 146 Å². The van der Waals surface area contributed by atoms with E-state index in [0.29, 0.717) is 0 Å². The first-order valence-corrected chi connectivity index (χ1v) is 7.91. The third-order valence-corrected chi connectivity index (χ3v) is 4.09. The molecule has 0 radical (unpaired) electrons. The summed E-state index contributed by atoms with van der Waals surface area (Å²) in [6.45, 7) is 2.03. The molecule has 0 heterocycles. The Balaban J connectivity index is 1.79. The Morgan fingerprint density at radius 1 is 0.960 bits per heavy atom. The SMILES string of the molecule is COc1ccc2cc(/C(C)=C/Nc3ccc(C(=O)O)cc3)ccc2c1. The van der Waals surface area contributed by atoms with E-state index >= 15 is 0 Å². The number of anilines is 1. The summed E-state index contributed by atoms with van der Waals surface area (Å²) in [7, 11) is 1.66. The van der Waals surface area contributed by atoms with Crippen molar-refractivity contribution in [3.63, 3.8) is 0 Å². The van der Waals surface area contributed by atoms with Gasteiger partial charge in [-0.25, -0.2) is 4.79 Å². The van der Waals surface area contributed by atoms with Gasteiger partial charge in [0.1, 0.15) is 5.75 Å². The smallest absolute Gasteiger partial charge is 0.335 e. The molecule has 0 atom stereocenters. The van der Waals surface area contributed by atoms with Crippen LogP contribution < -0.4 is 10.1 Å². The van der Waals surface area contributed by atoms with E-state index in [9.17, 15) is 4.79 Å². The van der Waals surface area contributed by atoms with Gasteiger partial charge in [-0.1, -0.05) is 18.2 Å². The van der Waals surface area contributed by atoms with E-state index in [1.165, 1.54) is 0 Å². The summed E-state index contributed by atoms with van der Waals surface area (Å²) in [5, 5.41) is 14.4. The van der Waals surface area contributed by atoms with Crippen molar-refractivity contribution in [2.75, 3.05) is 12.4 Å². The van der Waals surface area contributed by atoms with Crippen LogP contribution in [0.15, 0.2) is 66.9 Å². The van der Waals surface area contributed by atoms with E-state index in [4.69, 9.17) is 9.84 Å². The summed E-state index contributed by atoms with van der Waals surface area (Å²) >= 11 is 0. The topological polar surface area (TPSA) is 58.6 Å². The second kappa shape index (κ2) is 7.09. The van der Waals surface area contributed by atoms with Crippen LogP contribution >= 0.6 is 0 Å². The summed E-state index contributed by atoms with van der Waals surface area (Å²) in [5.41, 5.74) is 3.32. The molecule has 25 heavy (non-hydrogen) atoms. The first-order chi connectivity index (χ1) is 12.1. The molecule has 0 saturated carbocycles. The highest BCUT2D eigenvalue weighted by Gasteiger charge is 2.02. The number of carboxylic acid groups (broad SMARTS) is 1. The molecule has 2 N–H and O–H groups in total. The number of hydrogen-bond acceptors (Lipinski definition) is 3. The van der Waals surface area contributed by atoms with Crippen LogP contribution in [-0.4, -0.2) is 18.2 Å². The number of hydrogen-bond donors (Lipinski definition) is 2. The standard InChI is InChI=1S/C21H19NO3/c1-14(13-22-19-8-5-15(6-9-19)21(23)24)16-3-4-18-12-20(25-2)10-7-17(18)11-16/h3-13,22H,1-2H3,(H,23,24)/b14-13+. The lowest BCUT2D eigenvalue weighted by Crippen LogP contribution is -1.96. The number of carboxylic acids is 1. The third-order valence-electron chi connectivity index (χ3n) is 4.09. The van der Waals surface area contributed by atoms with Crippen LogP contribution in [0, 0.1) is 0 Å². The van der Waals surface area contributed by atoms with Gasteiger partial charge in [0.25, 0.3) is 0 Å². The predicted octanol–water partition coefficient (Wildman–Crippen LogP) is 5.02. The van der Waals surface area contributed by atoms with Crippen molar-refractivity contribution in [1.82, 2.24) is 0 Å². The van der Waals surface area contributed by atoms with Gasteiger partial charge in [0.2, 0.25) is 0 Å². The molecule has 4 heteroatoms. The van der Waals surface area contributed by atoms with Gasteiger partial charge >= 0.3 is 5.97 Å². The van der Waals surface area contributed by atoms with Crippen molar-refractivity contribution in [3.05, 3.63) is 78.0 Å². The molecule has 0 unspecified atom stereocenters. The fraction of sp³-hybridized carbons (Fsp3) is 0.0952. The zero-order chi connectivity index (χ0) is 17.8. The minimum atomic E-state index is -0.925. The number of nitrogens with one attached hydrogen (secondary N) is 1. The monoisotopic (exact) mass is 333 g/mol. The molecule has 0 amide bonds. The maximum absolute atomic E-state index is 10.9. The second-order valence-electron chi connectivity index (χ2n) is 5.78. The molecule has 0 aliphatic heterocycles. The lowest BCUT2D eigenvalue weighted by atomic mass is 10.0. The van der Waals surface area contributed by atoms with Gasteiger partial charge < -0.3 is 15.2 Å². The molecular formula is C21H19NO3. The van der Waals surface area contributed by atoms with E-state index < -0.39 is 5.97 Å². The van der Waals surface area contributed by atoms with Gasteiger partial charge in [0.05, 0.1) is 12.7 Å². The fourth-order valence-corrected chi connectivity index (χ4v) is 2.58. The van der Waals surface area contributed by atoms with Crippen LogP contribution in [0.2, 0.25) is 0 Å². The zero-order valence-corrected chi connectivity index (χ0v) is 14.1. The van der Waals surface area contributed by atoms with Gasteiger partial charge in [-0.2, -0.15) is 0 Å². The van der Waals surface area contributed by atoms with Crippen LogP contribution in [0.1, 0.15) is 22.8 Å². The Morgan fingerprint density at radius 2 is 1.60 bits per heavy atom. The number of ether oxygens (including phenoxy) is 1. The van der Waals surface area contributed by atoms with Crippen molar-refractivity contribution in [2.24, 2.45) is 0 Å². The van der Waals surface area contributed by atoms with Crippen molar-refractivity contribution >= 4 is 28.0 Å². The maximum atomic E-state index is 10.9. The molecule has 0 spiro atoms. The normalized spacial score (nSPS) is 11.4. The summed E-state index contributed by atoms with van der Waals surface area (Å²) in [6.07, 6.45) is 1.92. The molecule has 4 nitrogen and oxygen atoms in total. The van der Waals surface area contributed by atoms with Crippen LogP contribution in [0.5, 0.6) is 5.75 Å². The number of benzene rings is 3. The third kappa shape index (κ3) is 3.80. The summed E-state index contributed by atoms with van der Waals surface area (Å²) < 4.78 is 5.25. The second-order valence-corrected chi connectivity index (χ2v) is 5.78. The molecular weight excluding hydrogens is 314 g/mol. The van der Waals surface area contributed by atoms with Gasteiger partial charge in [-0.05, 0) is 71.3 Å². The Morgan fingerprint density at radius 3 is 2.28 bits per heavy atom. The fourth-order valence-electron chi connectivity index (χ4n) is 2.58. The molecule has 0 fully saturated rings. The van der Waals surface area contributed by atoms with E-state index in [1.807, 2.05) is 31.3 Å². The van der Waals surface area contributed by atoms with Crippen LogP contribution in [0.25, 0.3) is 16.3 Å². The average molecular weight is 333 g/mol. The van der Waals surface area contributed by atoms with Gasteiger partial charge in [0, 0.05) is 11.9 Å². The largest absolute Gasteiger partial charge is 0.497 e. The molecule has 0 aliphatic carbocycles. The molecule has 0 bridgehead atoms. The van der Waals surface area contributed by atoms with E-state index in [0.717, 1.165) is 33.3 Å². The molecule has 3 aromatic rings. The predicted molar refractivity (Wildman–Crippen MR) is 101 cm³/mol. The molecule has 0 aromatic heterocycles. The molecule has 0 aliphatic rings. The van der Waals surface area contributed by atoms with E-state index in [1.54, 1.807) is 31.4 Å². The van der Waals surface area contributed by atoms with Gasteiger partial charge in [-0.3, -0.25) is 0 Å². The molecule has 3 rings (SSSR count). The Hall–Kier alpha value is -3.27. The van der Waals surface area contributed by atoms with Gasteiger partial charge in [0.15, 0.2) is 0 Å². The van der Waals surface area contributed by atoms with Crippen molar-refractivity contribution in [2.45, 2.75) is 6.92 Å². The summed E-state index contributed by atoms with van der Waals surface area (Å²) in [4.78, 5) is 10.9. The van der Waals surface area contributed by atoms with Crippen molar-refractivity contribution in [3.8, 4) is 5.75 Å². The zero-order valence-electron chi connectivity index (χ0n) is 14.1. The molecule has 0 saturated heterocycles. The van der Waals surface area contributed by atoms with Gasteiger partial charge in [-0.15, -0.1) is 0 Å². The van der Waals surface area contributed by atoms with Crippen molar-refractivity contribution in [1.29, 1.82) is 0 Å². The summed E-state index contributed by atoms with van der Waals surface area (Å²) in [5.74, 6) is -0.0787. The summed E-state index contributed by atoms with van der Waals surface area (Å²) in [6, 6.07) is 19.0. The lowest BCUT2D eigenvalue weighted by Gasteiger charge is -2.08. The quantitative estimate of drug-likeness (QED) is 0.688. The highest BCUT2D eigenvalue weighted by molar-refractivity contribution is 5.88. The number of aromatic carboxylic acids is 1. The van der Waals surface area contributed by atoms with E-state index in [-0.39, 0.29) is 5.56 Å². The number of allylic oxidation sites excluding steroid dienone is 1. The van der Waals surface area contributed by atoms with Crippen molar-refractivity contribution < 1.29 is 14.6 Å². The van der Waals surface area contributed by atoms with E-state index in [2.05, 4.69) is 23.5 Å². The molecule has 3 aromatic carbocycles. The Bertz CT molecular complexity index is 943. The minimum absolute atomic E-state index is 0.274. The first kappa shape index (κ1) is 16.6. The number of fused-ring (bicyclic) bond motifs is 1. The first-order valence-electron chi connectivity index (χ1n) is 7.91. The maximum Gasteiger partial charge on any atom is 0.335 e.